The third-order valence-corrected chi connectivity index (χ3v) is 4.96. The molecule has 1 amide bonds. The topological polar surface area (TPSA) is 69.0 Å². The van der Waals surface area contributed by atoms with Gasteiger partial charge in [0.25, 0.3) is 5.91 Å². The third-order valence-electron chi connectivity index (χ3n) is 4.96. The predicted molar refractivity (Wildman–Crippen MR) is 118 cm³/mol. The van der Waals surface area contributed by atoms with Crippen LogP contribution in [0.2, 0.25) is 0 Å². The number of carbonyl (C=O) groups is 1. The number of aryl methyl sites for hydroxylation is 1. The number of fused-ring (bicyclic) bond motifs is 1. The Balaban J connectivity index is 1.52. The van der Waals surface area contributed by atoms with E-state index in [1.54, 1.807) is 36.2 Å². The number of carbonyl (C=O) groups excluding carboxylic acids is 1. The number of methoxy groups -OCH3 is 1. The average Bonchev–Trinajstić information content (AvgIpc) is 3.21. The lowest BCUT2D eigenvalue weighted by Gasteiger charge is -2.06. The van der Waals surface area contributed by atoms with Crippen molar-refractivity contribution in [2.24, 2.45) is 0 Å². The van der Waals surface area contributed by atoms with Crippen LogP contribution in [0.25, 0.3) is 16.7 Å². The largest absolute Gasteiger partial charge is 0.497 e. The van der Waals surface area contributed by atoms with E-state index in [2.05, 4.69) is 34.6 Å². The zero-order chi connectivity index (χ0) is 20.9. The molecule has 0 spiro atoms. The normalized spacial score (nSPS) is 10.9. The molecule has 6 nitrogen and oxygen atoms in total. The number of nitrogens with zero attached hydrogens (tertiary/aromatic N) is 3. The number of unbranched alkanes of at least 4 members (excludes halogenated alkanes) is 1. The Kier molecular flexibility index (Phi) is 5.75. The fraction of sp³-hybridized carbons (Fsp3) is 0.208. The van der Waals surface area contributed by atoms with Gasteiger partial charge in [0.05, 0.1) is 12.8 Å². The summed E-state index contributed by atoms with van der Waals surface area (Å²) < 4.78 is 5.18. The molecule has 4 aromatic rings. The Morgan fingerprint density at radius 2 is 1.80 bits per heavy atom. The van der Waals surface area contributed by atoms with Gasteiger partial charge in [-0.3, -0.25) is 4.79 Å². The lowest BCUT2D eigenvalue weighted by atomic mass is 10.1. The Hall–Kier alpha value is -3.67. The fourth-order valence-electron chi connectivity index (χ4n) is 3.25. The van der Waals surface area contributed by atoms with Crippen molar-refractivity contribution in [1.82, 2.24) is 15.0 Å². The summed E-state index contributed by atoms with van der Waals surface area (Å²) in [6.45, 7) is 2.20. The maximum absolute atomic E-state index is 12.5. The van der Waals surface area contributed by atoms with E-state index in [-0.39, 0.29) is 5.91 Å². The second-order valence-corrected chi connectivity index (χ2v) is 7.15. The number of rotatable bonds is 7. The van der Waals surface area contributed by atoms with Crippen molar-refractivity contribution in [2.45, 2.75) is 26.2 Å². The van der Waals surface area contributed by atoms with Crippen molar-refractivity contribution >= 4 is 22.6 Å². The van der Waals surface area contributed by atoms with Crippen LogP contribution in [-0.2, 0) is 6.42 Å². The van der Waals surface area contributed by atoms with Gasteiger partial charge in [-0.1, -0.05) is 31.5 Å². The van der Waals surface area contributed by atoms with Crippen LogP contribution >= 0.6 is 0 Å². The first-order chi connectivity index (χ1) is 14.7. The van der Waals surface area contributed by atoms with Crippen LogP contribution < -0.4 is 10.1 Å². The van der Waals surface area contributed by atoms with Gasteiger partial charge in [-0.2, -0.15) is 4.80 Å². The van der Waals surface area contributed by atoms with Crippen LogP contribution in [0.4, 0.5) is 5.69 Å². The van der Waals surface area contributed by atoms with Crippen molar-refractivity contribution in [3.8, 4) is 11.4 Å². The first-order valence-corrected chi connectivity index (χ1v) is 10.1. The first kappa shape index (κ1) is 19.6. The fourth-order valence-corrected chi connectivity index (χ4v) is 3.25. The summed E-state index contributed by atoms with van der Waals surface area (Å²) in [4.78, 5) is 14.2. The van der Waals surface area contributed by atoms with Crippen LogP contribution in [0.5, 0.6) is 5.75 Å². The van der Waals surface area contributed by atoms with Crippen molar-refractivity contribution in [3.05, 3.63) is 77.9 Å². The maximum atomic E-state index is 12.5. The van der Waals surface area contributed by atoms with Gasteiger partial charge in [0, 0.05) is 11.3 Å². The van der Waals surface area contributed by atoms with E-state index < -0.39 is 0 Å². The molecule has 0 atom stereocenters. The van der Waals surface area contributed by atoms with Crippen molar-refractivity contribution in [2.75, 3.05) is 12.4 Å². The van der Waals surface area contributed by atoms with E-state index in [1.807, 2.05) is 30.3 Å². The van der Waals surface area contributed by atoms with E-state index >= 15 is 0 Å². The van der Waals surface area contributed by atoms with E-state index in [0.29, 0.717) is 22.5 Å². The molecule has 1 heterocycles. The summed E-state index contributed by atoms with van der Waals surface area (Å²) in [6, 6.07) is 20.9. The molecule has 30 heavy (non-hydrogen) atoms. The third kappa shape index (κ3) is 4.33. The van der Waals surface area contributed by atoms with Gasteiger partial charge < -0.3 is 10.1 Å². The molecule has 1 aromatic heterocycles. The summed E-state index contributed by atoms with van der Waals surface area (Å²) in [6.07, 6.45) is 3.46. The number of benzene rings is 3. The van der Waals surface area contributed by atoms with Crippen LogP contribution in [-0.4, -0.2) is 28.0 Å². The highest BCUT2D eigenvalue weighted by Crippen LogP contribution is 2.20. The van der Waals surface area contributed by atoms with Crippen molar-refractivity contribution in [1.29, 1.82) is 0 Å². The molecule has 0 saturated carbocycles. The molecule has 0 saturated heterocycles. The molecule has 6 heteroatoms. The summed E-state index contributed by atoms with van der Waals surface area (Å²) >= 11 is 0. The van der Waals surface area contributed by atoms with Gasteiger partial charge in [0.1, 0.15) is 16.8 Å². The molecule has 0 fully saturated rings. The maximum Gasteiger partial charge on any atom is 0.255 e. The van der Waals surface area contributed by atoms with Crippen LogP contribution in [0.1, 0.15) is 35.7 Å². The second-order valence-electron chi connectivity index (χ2n) is 7.15. The number of hydrogen-bond acceptors (Lipinski definition) is 4. The molecular formula is C24H24N4O2. The molecule has 3 aromatic carbocycles. The Morgan fingerprint density at radius 3 is 2.57 bits per heavy atom. The average molecular weight is 400 g/mol. The minimum Gasteiger partial charge on any atom is -0.497 e. The van der Waals surface area contributed by atoms with Gasteiger partial charge in [-0.15, -0.1) is 10.2 Å². The zero-order valence-electron chi connectivity index (χ0n) is 17.1. The summed E-state index contributed by atoms with van der Waals surface area (Å²) in [5.74, 6) is 0.435. The van der Waals surface area contributed by atoms with Crippen LogP contribution in [0.3, 0.4) is 0 Å². The Morgan fingerprint density at radius 1 is 1.00 bits per heavy atom. The SMILES string of the molecule is CCCCc1ccc(-n2nc3ccc(NC(=O)c4cccc(OC)c4)cc3n2)cc1. The minimum absolute atomic E-state index is 0.205. The molecule has 0 aliphatic heterocycles. The van der Waals surface area contributed by atoms with E-state index in [4.69, 9.17) is 4.74 Å². The lowest BCUT2D eigenvalue weighted by molar-refractivity contribution is 0.102. The number of ether oxygens (including phenoxy) is 1. The smallest absolute Gasteiger partial charge is 0.255 e. The number of amides is 1. The molecule has 0 aliphatic rings. The number of aromatic nitrogens is 3. The van der Waals surface area contributed by atoms with Gasteiger partial charge in [-0.25, -0.2) is 0 Å². The van der Waals surface area contributed by atoms with Gasteiger partial charge in [-0.05, 0) is 66.9 Å². The minimum atomic E-state index is -0.205. The number of hydrogen-bond donors (Lipinski definition) is 1. The number of nitrogens with one attached hydrogen (secondary N) is 1. The molecule has 0 unspecified atom stereocenters. The quantitative estimate of drug-likeness (QED) is 0.473. The van der Waals surface area contributed by atoms with E-state index in [1.165, 1.54) is 18.4 Å². The molecule has 1 N–H and O–H groups in total. The van der Waals surface area contributed by atoms with Crippen LogP contribution in [0, 0.1) is 0 Å². The highest BCUT2D eigenvalue weighted by Gasteiger charge is 2.10. The molecule has 0 bridgehead atoms. The van der Waals surface area contributed by atoms with Crippen molar-refractivity contribution < 1.29 is 9.53 Å². The summed E-state index contributed by atoms with van der Waals surface area (Å²) in [5, 5.41) is 12.0. The standard InChI is InChI=1S/C24H24N4O2/c1-3-4-6-17-9-12-20(13-10-17)28-26-22-14-11-19(16-23(22)27-28)25-24(29)18-7-5-8-21(15-18)30-2/h5,7-16H,3-4,6H2,1-2H3,(H,25,29). The summed E-state index contributed by atoms with van der Waals surface area (Å²) in [7, 11) is 1.58. The Labute approximate surface area is 175 Å². The zero-order valence-corrected chi connectivity index (χ0v) is 17.1. The predicted octanol–water partition coefficient (Wildman–Crippen LogP) is 5.02. The summed E-state index contributed by atoms with van der Waals surface area (Å²) in [5.41, 5.74) is 4.91. The monoisotopic (exact) mass is 400 g/mol. The van der Waals surface area contributed by atoms with Gasteiger partial charge >= 0.3 is 0 Å². The second kappa shape index (κ2) is 8.78. The Bertz CT molecular complexity index is 1170. The number of anilines is 1. The molecule has 4 rings (SSSR count). The molecule has 0 radical (unpaired) electrons. The van der Waals surface area contributed by atoms with E-state index in [0.717, 1.165) is 17.6 Å². The molecular weight excluding hydrogens is 376 g/mol. The molecule has 152 valence electrons. The van der Waals surface area contributed by atoms with Crippen LogP contribution in [0.15, 0.2) is 66.7 Å². The van der Waals surface area contributed by atoms with Gasteiger partial charge in [0.15, 0.2) is 0 Å². The van der Waals surface area contributed by atoms with Gasteiger partial charge in [0.2, 0.25) is 0 Å². The van der Waals surface area contributed by atoms with Crippen molar-refractivity contribution in [3.63, 3.8) is 0 Å². The first-order valence-electron chi connectivity index (χ1n) is 10.1. The highest BCUT2D eigenvalue weighted by molar-refractivity contribution is 6.05. The van der Waals surface area contributed by atoms with E-state index in [9.17, 15) is 4.79 Å². The highest BCUT2D eigenvalue weighted by atomic mass is 16.5. The molecule has 0 aliphatic carbocycles. The lowest BCUT2D eigenvalue weighted by Crippen LogP contribution is -2.11.